The van der Waals surface area contributed by atoms with Gasteiger partial charge in [-0.1, -0.05) is 36.4 Å². The Morgan fingerprint density at radius 1 is 1.10 bits per heavy atom. The number of carbonyl (C=O) groups excluding carboxylic acids is 1. The Bertz CT molecular complexity index is 584. The fraction of sp³-hybridized carbons (Fsp3) is 0.312. The molecule has 0 spiro atoms. The standard InChI is InChI=1S/C16H20N2O2S/c19-10-4-11-21-12-9-17-16(20)18-15-8-3-6-13-5-1-2-7-14(13)15/h1-3,5-8,19H,4,9-12H2,(H2,17,18,20). The fourth-order valence-electron chi connectivity index (χ4n) is 2.01. The molecule has 5 heteroatoms. The van der Waals surface area contributed by atoms with Crippen molar-refractivity contribution >= 4 is 34.3 Å². The molecule has 0 heterocycles. The van der Waals surface area contributed by atoms with Crippen LogP contribution in [0.4, 0.5) is 10.5 Å². The minimum atomic E-state index is -0.186. The molecule has 0 fully saturated rings. The van der Waals surface area contributed by atoms with E-state index in [0.717, 1.165) is 34.4 Å². The van der Waals surface area contributed by atoms with E-state index in [9.17, 15) is 4.79 Å². The van der Waals surface area contributed by atoms with Crippen molar-refractivity contribution in [3.63, 3.8) is 0 Å². The van der Waals surface area contributed by atoms with Crippen molar-refractivity contribution in [3.05, 3.63) is 42.5 Å². The molecule has 2 amide bonds. The Hall–Kier alpha value is -1.72. The summed E-state index contributed by atoms with van der Waals surface area (Å²) in [4.78, 5) is 11.9. The number of urea groups is 1. The second-order valence-corrected chi connectivity index (χ2v) is 5.82. The Morgan fingerprint density at radius 3 is 2.76 bits per heavy atom. The number of amides is 2. The second-order valence-electron chi connectivity index (χ2n) is 4.60. The first kappa shape index (κ1) is 15.7. The number of hydrogen-bond donors (Lipinski definition) is 3. The van der Waals surface area contributed by atoms with Gasteiger partial charge >= 0.3 is 6.03 Å². The number of aliphatic hydroxyl groups is 1. The van der Waals surface area contributed by atoms with Crippen LogP contribution in [0, 0.1) is 0 Å². The summed E-state index contributed by atoms with van der Waals surface area (Å²) in [5, 5.41) is 16.5. The first-order valence-corrected chi connectivity index (χ1v) is 8.18. The summed E-state index contributed by atoms with van der Waals surface area (Å²) in [5.41, 5.74) is 0.818. The highest BCUT2D eigenvalue weighted by Crippen LogP contribution is 2.22. The topological polar surface area (TPSA) is 61.4 Å². The molecule has 0 aromatic heterocycles. The highest BCUT2D eigenvalue weighted by Gasteiger charge is 2.04. The summed E-state index contributed by atoms with van der Waals surface area (Å²) in [7, 11) is 0. The van der Waals surface area contributed by atoms with E-state index in [1.165, 1.54) is 0 Å². The summed E-state index contributed by atoms with van der Waals surface area (Å²) in [5.74, 6) is 1.77. The number of benzene rings is 2. The molecule has 0 bridgehead atoms. The third-order valence-corrected chi connectivity index (χ3v) is 4.09. The number of rotatable bonds is 7. The van der Waals surface area contributed by atoms with Crippen molar-refractivity contribution in [3.8, 4) is 0 Å². The van der Waals surface area contributed by atoms with Crippen LogP contribution in [0.5, 0.6) is 0 Å². The van der Waals surface area contributed by atoms with E-state index in [1.54, 1.807) is 11.8 Å². The number of aliphatic hydroxyl groups excluding tert-OH is 1. The normalized spacial score (nSPS) is 10.5. The van der Waals surface area contributed by atoms with E-state index in [-0.39, 0.29) is 12.6 Å². The maximum absolute atomic E-state index is 11.9. The van der Waals surface area contributed by atoms with E-state index in [4.69, 9.17) is 5.11 Å². The van der Waals surface area contributed by atoms with Crippen molar-refractivity contribution in [2.24, 2.45) is 0 Å². The lowest BCUT2D eigenvalue weighted by molar-refractivity contribution is 0.252. The van der Waals surface area contributed by atoms with Crippen LogP contribution in [0.3, 0.4) is 0 Å². The smallest absolute Gasteiger partial charge is 0.319 e. The van der Waals surface area contributed by atoms with Gasteiger partial charge in [0.05, 0.1) is 5.69 Å². The third kappa shape index (κ3) is 4.95. The van der Waals surface area contributed by atoms with E-state index in [2.05, 4.69) is 10.6 Å². The first-order chi connectivity index (χ1) is 10.3. The Kier molecular flexibility index (Phi) is 6.37. The molecule has 2 rings (SSSR count). The second kappa shape index (κ2) is 8.54. The predicted octanol–water partition coefficient (Wildman–Crippen LogP) is 3.08. The number of thioether (sulfide) groups is 1. The number of carbonyl (C=O) groups is 1. The number of hydrogen-bond acceptors (Lipinski definition) is 3. The van der Waals surface area contributed by atoms with Crippen LogP contribution in [-0.4, -0.2) is 35.8 Å². The molecule has 0 aliphatic rings. The lowest BCUT2D eigenvalue weighted by Gasteiger charge is -2.10. The largest absolute Gasteiger partial charge is 0.396 e. The van der Waals surface area contributed by atoms with Crippen LogP contribution >= 0.6 is 11.8 Å². The molecule has 2 aromatic rings. The van der Waals surface area contributed by atoms with Gasteiger partial charge in [-0.2, -0.15) is 11.8 Å². The average molecular weight is 304 g/mol. The number of fused-ring (bicyclic) bond motifs is 1. The number of nitrogens with one attached hydrogen (secondary N) is 2. The molecule has 0 saturated heterocycles. The zero-order valence-corrected chi connectivity index (χ0v) is 12.7. The molecule has 3 N–H and O–H groups in total. The van der Waals surface area contributed by atoms with Crippen LogP contribution in [0.1, 0.15) is 6.42 Å². The van der Waals surface area contributed by atoms with Crippen LogP contribution < -0.4 is 10.6 Å². The predicted molar refractivity (Wildman–Crippen MR) is 90.0 cm³/mol. The van der Waals surface area contributed by atoms with Gasteiger partial charge in [0.2, 0.25) is 0 Å². The zero-order valence-electron chi connectivity index (χ0n) is 11.8. The van der Waals surface area contributed by atoms with Crippen molar-refractivity contribution in [1.29, 1.82) is 0 Å². The van der Waals surface area contributed by atoms with E-state index in [0.29, 0.717) is 6.54 Å². The van der Waals surface area contributed by atoms with Gasteiger partial charge in [0.15, 0.2) is 0 Å². The summed E-state index contributed by atoms with van der Waals surface area (Å²) < 4.78 is 0. The quantitative estimate of drug-likeness (QED) is 0.689. The van der Waals surface area contributed by atoms with Gasteiger partial charge in [-0.3, -0.25) is 0 Å². The van der Waals surface area contributed by atoms with Crippen LogP contribution in [0.2, 0.25) is 0 Å². The maximum atomic E-state index is 11.9. The first-order valence-electron chi connectivity index (χ1n) is 7.02. The zero-order chi connectivity index (χ0) is 14.9. The molecule has 0 aliphatic heterocycles. The van der Waals surface area contributed by atoms with Crippen molar-refractivity contribution < 1.29 is 9.90 Å². The molecule has 4 nitrogen and oxygen atoms in total. The van der Waals surface area contributed by atoms with Crippen LogP contribution in [-0.2, 0) is 0 Å². The minimum Gasteiger partial charge on any atom is -0.396 e. The molecule has 21 heavy (non-hydrogen) atoms. The lowest BCUT2D eigenvalue weighted by Crippen LogP contribution is -2.30. The van der Waals surface area contributed by atoms with Gasteiger partial charge in [0.1, 0.15) is 0 Å². The monoisotopic (exact) mass is 304 g/mol. The summed E-state index contributed by atoms with van der Waals surface area (Å²) in [6.07, 6.45) is 0.798. The highest BCUT2D eigenvalue weighted by atomic mass is 32.2. The van der Waals surface area contributed by atoms with Gasteiger partial charge in [-0.15, -0.1) is 0 Å². The van der Waals surface area contributed by atoms with Gasteiger partial charge in [0.25, 0.3) is 0 Å². The van der Waals surface area contributed by atoms with Crippen molar-refractivity contribution in [2.75, 3.05) is 30.0 Å². The maximum Gasteiger partial charge on any atom is 0.319 e. The fourth-order valence-corrected chi connectivity index (χ4v) is 2.79. The van der Waals surface area contributed by atoms with E-state index in [1.807, 2.05) is 42.5 Å². The summed E-state index contributed by atoms with van der Waals surface area (Å²) in [6.45, 7) is 0.842. The van der Waals surface area contributed by atoms with Crippen LogP contribution in [0.25, 0.3) is 10.8 Å². The lowest BCUT2D eigenvalue weighted by atomic mass is 10.1. The molecule has 0 radical (unpaired) electrons. The SMILES string of the molecule is O=C(NCCSCCCO)Nc1cccc2ccccc12. The average Bonchev–Trinajstić information content (AvgIpc) is 2.51. The summed E-state index contributed by atoms with van der Waals surface area (Å²) in [6, 6.07) is 13.6. The van der Waals surface area contributed by atoms with Crippen molar-refractivity contribution in [1.82, 2.24) is 5.32 Å². The highest BCUT2D eigenvalue weighted by molar-refractivity contribution is 7.99. The van der Waals surface area contributed by atoms with Crippen molar-refractivity contribution in [2.45, 2.75) is 6.42 Å². The molecule has 0 unspecified atom stereocenters. The minimum absolute atomic E-state index is 0.186. The number of anilines is 1. The van der Waals surface area contributed by atoms with Gasteiger partial charge in [0, 0.05) is 24.3 Å². The molecule has 0 saturated carbocycles. The Labute approximate surface area is 128 Å². The van der Waals surface area contributed by atoms with E-state index < -0.39 is 0 Å². The van der Waals surface area contributed by atoms with E-state index >= 15 is 0 Å². The molecule has 2 aromatic carbocycles. The van der Waals surface area contributed by atoms with Crippen LogP contribution in [0.15, 0.2) is 42.5 Å². The third-order valence-electron chi connectivity index (χ3n) is 3.02. The molecule has 0 aliphatic carbocycles. The molecule has 112 valence electrons. The van der Waals surface area contributed by atoms with Gasteiger partial charge < -0.3 is 15.7 Å². The Morgan fingerprint density at radius 2 is 1.90 bits per heavy atom. The summed E-state index contributed by atoms with van der Waals surface area (Å²) >= 11 is 1.73. The van der Waals surface area contributed by atoms with Gasteiger partial charge in [-0.25, -0.2) is 4.79 Å². The molecule has 0 atom stereocenters. The Balaban J connectivity index is 1.82. The van der Waals surface area contributed by atoms with Gasteiger partial charge in [-0.05, 0) is 23.6 Å². The molecular weight excluding hydrogens is 284 g/mol. The molecular formula is C16H20N2O2S.